The van der Waals surface area contributed by atoms with Crippen LogP contribution in [0.3, 0.4) is 0 Å². The van der Waals surface area contributed by atoms with Crippen LogP contribution in [-0.4, -0.2) is 37.9 Å². The second-order valence-electron chi connectivity index (χ2n) is 6.46. The summed E-state index contributed by atoms with van der Waals surface area (Å²) in [6.45, 7) is 2.35. The van der Waals surface area contributed by atoms with Crippen LogP contribution in [0.15, 0.2) is 55.4 Å². The lowest BCUT2D eigenvalue weighted by molar-refractivity contribution is -0.122. The summed E-state index contributed by atoms with van der Waals surface area (Å²) in [6.07, 6.45) is 6.57. The van der Waals surface area contributed by atoms with Crippen LogP contribution in [0, 0.1) is 12.8 Å². The first-order valence-electron chi connectivity index (χ1n) is 8.58. The molecule has 8 heteroatoms. The lowest BCUT2D eigenvalue weighted by atomic mass is 10.1. The molecule has 1 N–H and O–H groups in total. The summed E-state index contributed by atoms with van der Waals surface area (Å²) in [6, 6.07) is 9.36. The van der Waals surface area contributed by atoms with Crippen molar-refractivity contribution in [2.75, 3.05) is 16.8 Å². The molecule has 136 valence electrons. The molecule has 0 spiro atoms. The maximum absolute atomic E-state index is 12.6. The number of aryl methyl sites for hydroxylation is 1. The maximum Gasteiger partial charge on any atom is 0.230 e. The molecule has 1 unspecified atom stereocenters. The van der Waals surface area contributed by atoms with Crippen molar-refractivity contribution in [2.24, 2.45) is 5.92 Å². The number of hydrogen-bond acceptors (Lipinski definition) is 5. The Kier molecular flexibility index (Phi) is 4.37. The van der Waals surface area contributed by atoms with Crippen LogP contribution in [0.4, 0.5) is 11.5 Å². The number of carbonyl (C=O) groups is 2. The molecule has 0 radical (unpaired) electrons. The second-order valence-corrected chi connectivity index (χ2v) is 6.46. The fourth-order valence-corrected chi connectivity index (χ4v) is 3.04. The molecule has 27 heavy (non-hydrogen) atoms. The van der Waals surface area contributed by atoms with Crippen LogP contribution in [-0.2, 0) is 9.59 Å². The average Bonchev–Trinajstić information content (AvgIpc) is 3.33. The Balaban J connectivity index is 1.45. The molecule has 2 aromatic heterocycles. The van der Waals surface area contributed by atoms with Gasteiger partial charge in [-0.15, -0.1) is 0 Å². The van der Waals surface area contributed by atoms with E-state index in [1.54, 1.807) is 34.3 Å². The fraction of sp³-hybridized carbons (Fsp3) is 0.211. The van der Waals surface area contributed by atoms with Crippen LogP contribution in [0.2, 0.25) is 0 Å². The van der Waals surface area contributed by atoms with E-state index >= 15 is 0 Å². The zero-order chi connectivity index (χ0) is 18.8. The number of nitrogens with one attached hydrogen (secondary N) is 1. The quantitative estimate of drug-likeness (QED) is 0.766. The molecule has 3 heterocycles. The van der Waals surface area contributed by atoms with Gasteiger partial charge in [-0.1, -0.05) is 17.7 Å². The molecule has 0 saturated carbocycles. The third kappa shape index (κ3) is 3.55. The molecule has 8 nitrogen and oxygen atoms in total. The lowest BCUT2D eigenvalue weighted by Gasteiger charge is -2.17. The van der Waals surface area contributed by atoms with Crippen LogP contribution in [0.5, 0.6) is 0 Å². The third-order valence-electron chi connectivity index (χ3n) is 4.51. The summed E-state index contributed by atoms with van der Waals surface area (Å²) >= 11 is 0. The molecule has 1 aromatic carbocycles. The topological polar surface area (TPSA) is 93.0 Å². The van der Waals surface area contributed by atoms with Gasteiger partial charge in [0.2, 0.25) is 11.8 Å². The van der Waals surface area contributed by atoms with E-state index in [2.05, 4.69) is 20.3 Å². The Morgan fingerprint density at radius 2 is 2.04 bits per heavy atom. The van der Waals surface area contributed by atoms with Crippen LogP contribution < -0.4 is 10.2 Å². The molecular formula is C19H18N6O2. The average molecular weight is 362 g/mol. The van der Waals surface area contributed by atoms with Gasteiger partial charge in [-0.05, 0) is 19.1 Å². The van der Waals surface area contributed by atoms with Crippen molar-refractivity contribution in [2.45, 2.75) is 13.3 Å². The van der Waals surface area contributed by atoms with Crippen molar-refractivity contribution in [3.8, 4) is 5.82 Å². The van der Waals surface area contributed by atoms with Gasteiger partial charge in [-0.3, -0.25) is 14.2 Å². The van der Waals surface area contributed by atoms with Crippen molar-refractivity contribution in [1.29, 1.82) is 0 Å². The van der Waals surface area contributed by atoms with Crippen molar-refractivity contribution in [1.82, 2.24) is 19.5 Å². The highest BCUT2D eigenvalue weighted by atomic mass is 16.2. The van der Waals surface area contributed by atoms with E-state index in [0.717, 1.165) is 11.3 Å². The third-order valence-corrected chi connectivity index (χ3v) is 4.51. The first kappa shape index (κ1) is 16.9. The van der Waals surface area contributed by atoms with Crippen molar-refractivity contribution < 1.29 is 9.59 Å². The SMILES string of the molecule is Cc1ccc(N2CC(C(=O)Nc3cc(-n4ccnc4)ncn3)CC2=O)cc1. The number of rotatable bonds is 4. The van der Waals surface area contributed by atoms with Crippen molar-refractivity contribution in [3.05, 3.63) is 60.9 Å². The Labute approximate surface area is 155 Å². The molecule has 0 aliphatic carbocycles. The molecular weight excluding hydrogens is 344 g/mol. The molecule has 4 rings (SSSR count). The van der Waals surface area contributed by atoms with Gasteiger partial charge in [0.05, 0.1) is 5.92 Å². The highest BCUT2D eigenvalue weighted by molar-refractivity contribution is 6.03. The number of nitrogens with zero attached hydrogens (tertiary/aromatic N) is 5. The summed E-state index contributed by atoms with van der Waals surface area (Å²) in [5.41, 5.74) is 1.93. The molecule has 1 saturated heterocycles. The molecule has 2 amide bonds. The number of carbonyl (C=O) groups excluding carboxylic acids is 2. The Morgan fingerprint density at radius 3 is 2.78 bits per heavy atom. The van der Waals surface area contributed by atoms with Gasteiger partial charge in [-0.25, -0.2) is 15.0 Å². The van der Waals surface area contributed by atoms with Gasteiger partial charge in [0.1, 0.15) is 24.3 Å². The molecule has 1 aliphatic rings. The van der Waals surface area contributed by atoms with Crippen LogP contribution >= 0.6 is 0 Å². The van der Waals surface area contributed by atoms with Crippen LogP contribution in [0.1, 0.15) is 12.0 Å². The van der Waals surface area contributed by atoms with Gasteiger partial charge >= 0.3 is 0 Å². The fourth-order valence-electron chi connectivity index (χ4n) is 3.04. The summed E-state index contributed by atoms with van der Waals surface area (Å²) < 4.78 is 1.72. The van der Waals surface area contributed by atoms with Gasteiger partial charge in [0, 0.05) is 37.1 Å². The van der Waals surface area contributed by atoms with Gasteiger partial charge in [0.25, 0.3) is 0 Å². The van der Waals surface area contributed by atoms with Gasteiger partial charge < -0.3 is 10.2 Å². The number of imidazole rings is 1. The summed E-state index contributed by atoms with van der Waals surface area (Å²) in [5, 5.41) is 2.79. The van der Waals surface area contributed by atoms with Gasteiger partial charge in [-0.2, -0.15) is 0 Å². The molecule has 1 fully saturated rings. The van der Waals surface area contributed by atoms with E-state index < -0.39 is 5.92 Å². The van der Waals surface area contributed by atoms with E-state index in [1.807, 2.05) is 31.2 Å². The summed E-state index contributed by atoms with van der Waals surface area (Å²) in [7, 11) is 0. The minimum absolute atomic E-state index is 0.0548. The monoisotopic (exact) mass is 362 g/mol. The standard InChI is InChI=1S/C19H18N6O2/c1-13-2-4-15(5-3-13)25-10-14(8-18(25)26)19(27)23-16-9-17(22-11-21-16)24-7-6-20-12-24/h2-7,9,11-12,14H,8,10H2,1H3,(H,21,22,23,27). The Morgan fingerprint density at radius 1 is 1.22 bits per heavy atom. The number of amides is 2. The van der Waals surface area contributed by atoms with E-state index in [4.69, 9.17) is 0 Å². The molecule has 1 atom stereocenters. The number of benzene rings is 1. The summed E-state index contributed by atoms with van der Waals surface area (Å²) in [4.78, 5) is 38.8. The molecule has 0 bridgehead atoms. The largest absolute Gasteiger partial charge is 0.312 e. The predicted molar refractivity (Wildman–Crippen MR) is 99.4 cm³/mol. The minimum Gasteiger partial charge on any atom is -0.312 e. The Bertz CT molecular complexity index is 968. The van der Waals surface area contributed by atoms with Crippen molar-refractivity contribution in [3.63, 3.8) is 0 Å². The normalized spacial score (nSPS) is 16.6. The van der Waals surface area contributed by atoms with E-state index in [9.17, 15) is 9.59 Å². The van der Waals surface area contributed by atoms with Crippen LogP contribution in [0.25, 0.3) is 5.82 Å². The number of aromatic nitrogens is 4. The Hall–Kier alpha value is -3.55. The number of hydrogen-bond donors (Lipinski definition) is 1. The number of anilines is 2. The summed E-state index contributed by atoms with van der Waals surface area (Å²) in [5.74, 6) is 0.279. The van der Waals surface area contributed by atoms with E-state index in [1.165, 1.54) is 6.33 Å². The first-order chi connectivity index (χ1) is 13.1. The molecule has 3 aromatic rings. The molecule has 1 aliphatic heterocycles. The van der Waals surface area contributed by atoms with Gasteiger partial charge in [0.15, 0.2) is 0 Å². The minimum atomic E-state index is -0.425. The maximum atomic E-state index is 12.6. The highest BCUT2D eigenvalue weighted by Crippen LogP contribution is 2.26. The van der Waals surface area contributed by atoms with Crippen molar-refractivity contribution >= 4 is 23.3 Å². The predicted octanol–water partition coefficient (Wildman–Crippen LogP) is 1.96. The zero-order valence-electron chi connectivity index (χ0n) is 14.7. The van der Waals surface area contributed by atoms with E-state index in [-0.39, 0.29) is 18.2 Å². The lowest BCUT2D eigenvalue weighted by Crippen LogP contribution is -2.28. The van der Waals surface area contributed by atoms with E-state index in [0.29, 0.717) is 18.2 Å². The first-order valence-corrected chi connectivity index (χ1v) is 8.58. The smallest absolute Gasteiger partial charge is 0.230 e. The zero-order valence-corrected chi connectivity index (χ0v) is 14.7. The highest BCUT2D eigenvalue weighted by Gasteiger charge is 2.35. The second kappa shape index (κ2) is 6.99.